The maximum atomic E-state index is 10.1. The summed E-state index contributed by atoms with van der Waals surface area (Å²) in [7, 11) is 0. The molecule has 0 amide bonds. The number of hydrogen-bond acceptors (Lipinski definition) is 4. The second kappa shape index (κ2) is 6.81. The Morgan fingerprint density at radius 2 is 1.82 bits per heavy atom. The van der Waals surface area contributed by atoms with Gasteiger partial charge in [0.2, 0.25) is 0 Å². The lowest BCUT2D eigenvalue weighted by atomic mass is 9.88. The highest BCUT2D eigenvalue weighted by molar-refractivity contribution is 5.85. The van der Waals surface area contributed by atoms with Crippen LogP contribution in [0.4, 0.5) is 0 Å². The van der Waals surface area contributed by atoms with Crippen LogP contribution in [-0.4, -0.2) is 34.8 Å². The zero-order chi connectivity index (χ0) is 13.5. The standard InChI is InChI=1S/C12H27N3O2/c1-5-12(16,6-2)9-14-8-7-11(3,4)10(13)15-17/h14,16-17H,5-9H2,1-4H3,(H2,13,15). The molecule has 5 heteroatoms. The number of amidine groups is 1. The van der Waals surface area contributed by atoms with Crippen molar-refractivity contribution in [3.05, 3.63) is 0 Å². The van der Waals surface area contributed by atoms with Crippen molar-refractivity contribution < 1.29 is 10.3 Å². The summed E-state index contributed by atoms with van der Waals surface area (Å²) in [5.74, 6) is 0.237. The summed E-state index contributed by atoms with van der Waals surface area (Å²) in [6.45, 7) is 9.11. The monoisotopic (exact) mass is 245 g/mol. The molecule has 0 rings (SSSR count). The van der Waals surface area contributed by atoms with Crippen LogP contribution in [0.25, 0.3) is 0 Å². The Labute approximate surface area is 104 Å². The van der Waals surface area contributed by atoms with E-state index in [0.717, 1.165) is 25.8 Å². The van der Waals surface area contributed by atoms with E-state index in [4.69, 9.17) is 10.9 Å². The average Bonchev–Trinajstić information content (AvgIpc) is 2.33. The minimum absolute atomic E-state index is 0.237. The molecule has 0 aromatic heterocycles. The highest BCUT2D eigenvalue weighted by Gasteiger charge is 2.25. The van der Waals surface area contributed by atoms with Gasteiger partial charge in [-0.15, -0.1) is 0 Å². The maximum Gasteiger partial charge on any atom is 0.144 e. The Balaban J connectivity index is 4.01. The summed E-state index contributed by atoms with van der Waals surface area (Å²) in [5, 5.41) is 25.0. The quantitative estimate of drug-likeness (QED) is 0.170. The fraction of sp³-hybridized carbons (Fsp3) is 0.917. The minimum atomic E-state index is -0.624. The van der Waals surface area contributed by atoms with Crippen molar-refractivity contribution in [1.29, 1.82) is 0 Å². The molecule has 0 aliphatic heterocycles. The Morgan fingerprint density at radius 1 is 1.29 bits per heavy atom. The van der Waals surface area contributed by atoms with Crippen LogP contribution in [0.1, 0.15) is 47.0 Å². The Bertz CT molecular complexity index is 248. The van der Waals surface area contributed by atoms with Gasteiger partial charge in [-0.05, 0) is 25.8 Å². The molecule has 0 unspecified atom stereocenters. The maximum absolute atomic E-state index is 10.1. The first kappa shape index (κ1) is 16.2. The first-order chi connectivity index (χ1) is 7.81. The second-order valence-corrected chi connectivity index (χ2v) is 5.23. The molecule has 102 valence electrons. The molecule has 0 aliphatic rings. The van der Waals surface area contributed by atoms with Gasteiger partial charge in [0.1, 0.15) is 5.84 Å². The lowest BCUT2D eigenvalue weighted by Gasteiger charge is -2.27. The highest BCUT2D eigenvalue weighted by Crippen LogP contribution is 2.20. The molecule has 5 nitrogen and oxygen atoms in total. The molecule has 0 fully saturated rings. The minimum Gasteiger partial charge on any atom is -0.409 e. The molecular weight excluding hydrogens is 218 g/mol. The average molecular weight is 245 g/mol. The van der Waals surface area contributed by atoms with Crippen molar-refractivity contribution >= 4 is 5.84 Å². The molecule has 0 aromatic rings. The number of nitrogens with zero attached hydrogens (tertiary/aromatic N) is 1. The van der Waals surface area contributed by atoms with Crippen LogP contribution in [0.5, 0.6) is 0 Å². The van der Waals surface area contributed by atoms with Gasteiger partial charge in [-0.2, -0.15) is 0 Å². The Morgan fingerprint density at radius 3 is 2.24 bits per heavy atom. The molecule has 0 bridgehead atoms. The van der Waals surface area contributed by atoms with Gasteiger partial charge in [-0.1, -0.05) is 32.9 Å². The number of oxime groups is 1. The molecule has 0 saturated heterocycles. The molecular formula is C12H27N3O2. The van der Waals surface area contributed by atoms with Crippen molar-refractivity contribution in [3.63, 3.8) is 0 Å². The molecule has 0 spiro atoms. The van der Waals surface area contributed by atoms with E-state index >= 15 is 0 Å². The topological polar surface area (TPSA) is 90.9 Å². The third-order valence-electron chi connectivity index (χ3n) is 3.50. The van der Waals surface area contributed by atoms with Crippen LogP contribution < -0.4 is 11.1 Å². The van der Waals surface area contributed by atoms with Gasteiger partial charge in [0.25, 0.3) is 0 Å². The summed E-state index contributed by atoms with van der Waals surface area (Å²) >= 11 is 0. The summed E-state index contributed by atoms with van der Waals surface area (Å²) < 4.78 is 0. The van der Waals surface area contributed by atoms with Gasteiger partial charge < -0.3 is 21.4 Å². The zero-order valence-electron chi connectivity index (χ0n) is 11.5. The van der Waals surface area contributed by atoms with E-state index in [1.807, 2.05) is 27.7 Å². The number of rotatable bonds is 8. The third-order valence-corrected chi connectivity index (χ3v) is 3.50. The van der Waals surface area contributed by atoms with E-state index in [-0.39, 0.29) is 11.3 Å². The van der Waals surface area contributed by atoms with E-state index < -0.39 is 5.60 Å². The molecule has 0 heterocycles. The Kier molecular flexibility index (Phi) is 6.49. The SMILES string of the molecule is CCC(O)(CC)CNCCC(C)(C)C(N)=NO. The lowest BCUT2D eigenvalue weighted by molar-refractivity contribution is 0.0323. The number of hydrogen-bond donors (Lipinski definition) is 4. The largest absolute Gasteiger partial charge is 0.409 e. The summed E-state index contributed by atoms with van der Waals surface area (Å²) in [6.07, 6.45) is 2.23. The predicted octanol–water partition coefficient (Wildman–Crippen LogP) is 1.29. The van der Waals surface area contributed by atoms with Crippen molar-refractivity contribution in [2.45, 2.75) is 52.6 Å². The van der Waals surface area contributed by atoms with Crippen molar-refractivity contribution in [1.82, 2.24) is 5.32 Å². The molecule has 5 N–H and O–H groups in total. The van der Waals surface area contributed by atoms with Crippen molar-refractivity contribution in [2.75, 3.05) is 13.1 Å². The normalized spacial score (nSPS) is 14.1. The van der Waals surface area contributed by atoms with E-state index in [9.17, 15) is 5.11 Å². The van der Waals surface area contributed by atoms with Crippen molar-refractivity contribution in [2.24, 2.45) is 16.3 Å². The zero-order valence-corrected chi connectivity index (χ0v) is 11.5. The van der Waals surface area contributed by atoms with Gasteiger partial charge in [-0.3, -0.25) is 0 Å². The van der Waals surface area contributed by atoms with Crippen LogP contribution in [0.3, 0.4) is 0 Å². The van der Waals surface area contributed by atoms with Gasteiger partial charge in [0.05, 0.1) is 5.60 Å². The van der Waals surface area contributed by atoms with Crippen LogP contribution >= 0.6 is 0 Å². The van der Waals surface area contributed by atoms with E-state index in [0.29, 0.717) is 6.54 Å². The summed E-state index contributed by atoms with van der Waals surface area (Å²) in [5.41, 5.74) is 4.63. The fourth-order valence-electron chi connectivity index (χ4n) is 1.49. The fourth-order valence-corrected chi connectivity index (χ4v) is 1.49. The molecule has 0 aliphatic carbocycles. The molecule has 17 heavy (non-hydrogen) atoms. The molecule has 0 saturated carbocycles. The lowest BCUT2D eigenvalue weighted by Crippen LogP contribution is -2.41. The predicted molar refractivity (Wildman–Crippen MR) is 70.2 cm³/mol. The number of nitrogens with two attached hydrogens (primary N) is 1. The van der Waals surface area contributed by atoms with Gasteiger partial charge in [0.15, 0.2) is 0 Å². The van der Waals surface area contributed by atoms with Crippen LogP contribution in [-0.2, 0) is 0 Å². The van der Waals surface area contributed by atoms with Crippen LogP contribution in [0, 0.1) is 5.41 Å². The molecule has 0 radical (unpaired) electrons. The van der Waals surface area contributed by atoms with Gasteiger partial charge >= 0.3 is 0 Å². The van der Waals surface area contributed by atoms with Gasteiger partial charge in [0, 0.05) is 12.0 Å². The van der Waals surface area contributed by atoms with Crippen LogP contribution in [0.2, 0.25) is 0 Å². The summed E-state index contributed by atoms with van der Waals surface area (Å²) in [4.78, 5) is 0. The van der Waals surface area contributed by atoms with Gasteiger partial charge in [-0.25, -0.2) is 0 Å². The second-order valence-electron chi connectivity index (χ2n) is 5.23. The summed E-state index contributed by atoms with van der Waals surface area (Å²) in [6, 6.07) is 0. The van der Waals surface area contributed by atoms with E-state index in [1.165, 1.54) is 0 Å². The number of aliphatic hydroxyl groups is 1. The first-order valence-electron chi connectivity index (χ1n) is 6.22. The van der Waals surface area contributed by atoms with E-state index in [2.05, 4.69) is 10.5 Å². The number of nitrogens with one attached hydrogen (secondary N) is 1. The smallest absolute Gasteiger partial charge is 0.144 e. The van der Waals surface area contributed by atoms with Crippen molar-refractivity contribution in [3.8, 4) is 0 Å². The molecule has 0 atom stereocenters. The van der Waals surface area contributed by atoms with Crippen LogP contribution in [0.15, 0.2) is 5.16 Å². The highest BCUT2D eigenvalue weighted by atomic mass is 16.4. The van der Waals surface area contributed by atoms with E-state index in [1.54, 1.807) is 0 Å². The molecule has 0 aromatic carbocycles. The first-order valence-corrected chi connectivity index (χ1v) is 6.22. The third kappa shape index (κ3) is 5.37. The Hall–Kier alpha value is -0.810.